The maximum Gasteiger partial charge on any atom is 0.343 e. The van der Waals surface area contributed by atoms with E-state index in [1.165, 1.54) is 20.3 Å². The molecule has 0 aromatic heterocycles. The van der Waals surface area contributed by atoms with E-state index in [-0.39, 0.29) is 17.2 Å². The lowest BCUT2D eigenvalue weighted by Crippen LogP contribution is -2.10. The zero-order valence-electron chi connectivity index (χ0n) is 21.6. The second-order valence-corrected chi connectivity index (χ2v) is 7.99. The van der Waals surface area contributed by atoms with Gasteiger partial charge >= 0.3 is 11.9 Å². The first-order chi connectivity index (χ1) is 19.0. The fourth-order valence-electron chi connectivity index (χ4n) is 3.39. The Balaban J connectivity index is 1.59. The zero-order chi connectivity index (χ0) is 27.6. The molecular formula is C30H26N2O7. The Morgan fingerprint density at radius 2 is 1.13 bits per heavy atom. The van der Waals surface area contributed by atoms with Gasteiger partial charge in [-0.15, -0.1) is 5.11 Å². The maximum absolute atomic E-state index is 12.9. The molecule has 0 N–H and O–H groups in total. The molecule has 39 heavy (non-hydrogen) atoms. The topological polar surface area (TPSA) is 105 Å². The summed E-state index contributed by atoms with van der Waals surface area (Å²) in [5.74, 6) is 0.931. The zero-order valence-corrected chi connectivity index (χ0v) is 21.6. The highest BCUT2D eigenvalue weighted by Gasteiger charge is 2.16. The van der Waals surface area contributed by atoms with E-state index in [4.69, 9.17) is 23.7 Å². The predicted octanol–water partition coefficient (Wildman–Crippen LogP) is 6.96. The van der Waals surface area contributed by atoms with Gasteiger partial charge in [-0.2, -0.15) is 5.11 Å². The summed E-state index contributed by atoms with van der Waals surface area (Å²) in [6.07, 6.45) is 0. The van der Waals surface area contributed by atoms with Crippen LogP contribution in [0.3, 0.4) is 0 Å². The first-order valence-electron chi connectivity index (χ1n) is 12.0. The van der Waals surface area contributed by atoms with E-state index < -0.39 is 11.9 Å². The molecule has 0 aliphatic heterocycles. The van der Waals surface area contributed by atoms with Crippen LogP contribution in [0.5, 0.6) is 28.7 Å². The normalized spacial score (nSPS) is 10.6. The summed E-state index contributed by atoms with van der Waals surface area (Å²) in [7, 11) is 3.07. The number of carbonyl (C=O) groups excluding carboxylic acids is 2. The molecule has 0 aliphatic carbocycles. The summed E-state index contributed by atoms with van der Waals surface area (Å²) in [6.45, 7) is 2.46. The number of rotatable bonds is 10. The monoisotopic (exact) mass is 526 g/mol. The molecule has 0 fully saturated rings. The van der Waals surface area contributed by atoms with Gasteiger partial charge < -0.3 is 23.7 Å². The van der Waals surface area contributed by atoms with E-state index in [1.54, 1.807) is 84.9 Å². The van der Waals surface area contributed by atoms with Crippen molar-refractivity contribution in [3.63, 3.8) is 0 Å². The van der Waals surface area contributed by atoms with Crippen molar-refractivity contribution in [3.05, 3.63) is 102 Å². The molecule has 0 bridgehead atoms. The number of benzene rings is 4. The third-order valence-corrected chi connectivity index (χ3v) is 5.42. The molecule has 0 radical (unpaired) electrons. The molecule has 4 rings (SSSR count). The Kier molecular flexibility index (Phi) is 8.87. The van der Waals surface area contributed by atoms with E-state index in [1.807, 2.05) is 6.92 Å². The molecule has 0 saturated carbocycles. The number of carbonyl (C=O) groups is 2. The van der Waals surface area contributed by atoms with Gasteiger partial charge in [0, 0.05) is 6.07 Å². The van der Waals surface area contributed by atoms with Gasteiger partial charge in [0.25, 0.3) is 0 Å². The highest BCUT2D eigenvalue weighted by atomic mass is 16.5. The molecule has 198 valence electrons. The summed E-state index contributed by atoms with van der Waals surface area (Å²) in [5, 5.41) is 8.49. The van der Waals surface area contributed by atoms with Crippen molar-refractivity contribution in [1.82, 2.24) is 0 Å². The summed E-state index contributed by atoms with van der Waals surface area (Å²) in [5.41, 5.74) is 1.45. The van der Waals surface area contributed by atoms with Crippen LogP contribution in [0.25, 0.3) is 0 Å². The number of ether oxygens (including phenoxy) is 5. The number of azo groups is 1. The lowest BCUT2D eigenvalue weighted by Gasteiger charge is -2.10. The van der Waals surface area contributed by atoms with Crippen LogP contribution in [0.4, 0.5) is 11.4 Å². The molecule has 4 aromatic rings. The van der Waals surface area contributed by atoms with Gasteiger partial charge in [0.15, 0.2) is 5.75 Å². The Bertz CT molecular complexity index is 1450. The van der Waals surface area contributed by atoms with Crippen molar-refractivity contribution < 1.29 is 33.3 Å². The van der Waals surface area contributed by atoms with Gasteiger partial charge in [0.2, 0.25) is 0 Å². The fourth-order valence-corrected chi connectivity index (χ4v) is 3.39. The number of methoxy groups -OCH3 is 2. The first kappa shape index (κ1) is 26.9. The molecule has 0 saturated heterocycles. The van der Waals surface area contributed by atoms with Gasteiger partial charge in [0.05, 0.1) is 37.6 Å². The molecule has 0 atom stereocenters. The molecule has 0 aliphatic rings. The smallest absolute Gasteiger partial charge is 0.343 e. The van der Waals surface area contributed by atoms with Crippen LogP contribution in [0.15, 0.2) is 101 Å². The molecular weight excluding hydrogens is 500 g/mol. The Morgan fingerprint density at radius 3 is 1.67 bits per heavy atom. The van der Waals surface area contributed by atoms with Crippen molar-refractivity contribution in [2.24, 2.45) is 10.2 Å². The molecule has 0 heterocycles. The van der Waals surface area contributed by atoms with Gasteiger partial charge in [-0.3, -0.25) is 0 Å². The highest BCUT2D eigenvalue weighted by molar-refractivity contribution is 5.93. The van der Waals surface area contributed by atoms with Gasteiger partial charge in [-0.1, -0.05) is 0 Å². The predicted molar refractivity (Wildman–Crippen MR) is 144 cm³/mol. The van der Waals surface area contributed by atoms with Gasteiger partial charge in [-0.05, 0) is 91.9 Å². The number of esters is 2. The second-order valence-electron chi connectivity index (χ2n) is 7.99. The summed E-state index contributed by atoms with van der Waals surface area (Å²) < 4.78 is 26.9. The number of nitrogens with zero attached hydrogens (tertiary/aromatic N) is 2. The SMILES string of the molecule is CCOc1ccc(N=Nc2ccc(OC(=O)c3ccc(OC)cc3)cc2OC(=O)c2ccc(OC)cc2)cc1. The van der Waals surface area contributed by atoms with E-state index >= 15 is 0 Å². The lowest BCUT2D eigenvalue weighted by molar-refractivity contribution is 0.0733. The second kappa shape index (κ2) is 12.9. The Hall–Kier alpha value is -5.18. The van der Waals surface area contributed by atoms with Crippen LogP contribution < -0.4 is 23.7 Å². The molecule has 4 aromatic carbocycles. The first-order valence-corrected chi connectivity index (χ1v) is 12.0. The summed E-state index contributed by atoms with van der Waals surface area (Å²) in [6, 6.07) is 24.5. The number of hydrogen-bond acceptors (Lipinski definition) is 9. The van der Waals surface area contributed by atoms with Crippen LogP contribution in [-0.2, 0) is 0 Å². The van der Waals surface area contributed by atoms with Crippen LogP contribution >= 0.6 is 0 Å². The van der Waals surface area contributed by atoms with Crippen molar-refractivity contribution in [1.29, 1.82) is 0 Å². The highest BCUT2D eigenvalue weighted by Crippen LogP contribution is 2.34. The Labute approximate surface area is 225 Å². The van der Waals surface area contributed by atoms with E-state index in [0.29, 0.717) is 40.7 Å². The summed E-state index contributed by atoms with van der Waals surface area (Å²) >= 11 is 0. The third-order valence-electron chi connectivity index (χ3n) is 5.42. The average molecular weight is 527 g/mol. The fraction of sp³-hybridized carbons (Fsp3) is 0.133. The quantitative estimate of drug-likeness (QED) is 0.125. The standard InChI is InChI=1S/C30H26N2O7/c1-4-37-25-15-9-22(10-16-25)31-32-27-18-17-26(38-29(33)20-5-11-23(35-2)12-6-20)19-28(27)39-30(34)21-7-13-24(36-3)14-8-21/h5-19H,4H2,1-3H3. The molecule has 9 nitrogen and oxygen atoms in total. The minimum absolute atomic E-state index is 0.0607. The van der Waals surface area contributed by atoms with Gasteiger partial charge in [-0.25, -0.2) is 9.59 Å². The van der Waals surface area contributed by atoms with E-state index in [9.17, 15) is 9.59 Å². The van der Waals surface area contributed by atoms with Gasteiger partial charge in [0.1, 0.15) is 28.7 Å². The lowest BCUT2D eigenvalue weighted by atomic mass is 10.2. The molecule has 9 heteroatoms. The average Bonchev–Trinajstić information content (AvgIpc) is 2.97. The molecule has 0 unspecified atom stereocenters. The molecule has 0 amide bonds. The van der Waals surface area contributed by atoms with Crippen LogP contribution in [0, 0.1) is 0 Å². The van der Waals surface area contributed by atoms with E-state index in [2.05, 4.69) is 10.2 Å². The summed E-state index contributed by atoms with van der Waals surface area (Å²) in [4.78, 5) is 25.5. The minimum atomic E-state index is -0.631. The van der Waals surface area contributed by atoms with Crippen LogP contribution in [0.2, 0.25) is 0 Å². The van der Waals surface area contributed by atoms with Crippen molar-refractivity contribution in [2.75, 3.05) is 20.8 Å². The molecule has 0 spiro atoms. The van der Waals surface area contributed by atoms with Crippen LogP contribution in [-0.4, -0.2) is 32.8 Å². The minimum Gasteiger partial charge on any atom is -0.497 e. The van der Waals surface area contributed by atoms with Crippen molar-refractivity contribution in [3.8, 4) is 28.7 Å². The van der Waals surface area contributed by atoms with E-state index in [0.717, 1.165) is 0 Å². The Morgan fingerprint density at radius 1 is 0.615 bits per heavy atom. The number of hydrogen-bond donors (Lipinski definition) is 0. The van der Waals surface area contributed by atoms with Crippen molar-refractivity contribution >= 4 is 23.3 Å². The third kappa shape index (κ3) is 7.20. The van der Waals surface area contributed by atoms with Crippen molar-refractivity contribution in [2.45, 2.75) is 6.92 Å². The van der Waals surface area contributed by atoms with Crippen LogP contribution in [0.1, 0.15) is 27.6 Å². The maximum atomic E-state index is 12.9. The largest absolute Gasteiger partial charge is 0.497 e.